The molecule has 1 saturated heterocycles. The Labute approximate surface area is 195 Å². The van der Waals surface area contributed by atoms with Crippen LogP contribution in [-0.2, 0) is 21.2 Å². The summed E-state index contributed by atoms with van der Waals surface area (Å²) in [4.78, 5) is 25.7. The minimum Gasteiger partial charge on any atom is -0.441 e. The van der Waals surface area contributed by atoms with Crippen LogP contribution in [0.2, 0.25) is 0 Å². The normalized spacial score (nSPS) is 15.1. The first kappa shape index (κ1) is 22.2. The fourth-order valence-corrected chi connectivity index (χ4v) is 5.62. The average Bonchev–Trinajstić information content (AvgIpc) is 3.50. The number of hydrogen-bond donors (Lipinski definition) is 1. The Morgan fingerprint density at radius 1 is 1.09 bits per heavy atom. The molecule has 3 aromatic heterocycles. The molecule has 0 unspecified atom stereocenters. The van der Waals surface area contributed by atoms with Crippen molar-refractivity contribution in [2.75, 3.05) is 26.2 Å². The summed E-state index contributed by atoms with van der Waals surface area (Å²) in [6, 6.07) is 9.66. The molecule has 1 aliphatic heterocycles. The standard InChI is InChI=1S/C23H22FN5O4S/c24-18-6-2-1-4-16(18)19-14-26-21(33-19)7-8-22(30)28-10-12-29(13-11-28)34(31,32)20-15-27-23-17(20)5-3-9-25-23/h1-6,9,14-15H,7-8,10-13H2,(H,25,27). The second kappa shape index (κ2) is 8.99. The molecule has 0 radical (unpaired) electrons. The number of benzene rings is 1. The van der Waals surface area contributed by atoms with Crippen molar-refractivity contribution in [1.29, 1.82) is 0 Å². The van der Waals surface area contributed by atoms with Gasteiger partial charge in [0, 0.05) is 56.8 Å². The van der Waals surface area contributed by atoms with Crippen molar-refractivity contribution < 1.29 is 22.0 Å². The Kier molecular flexibility index (Phi) is 5.88. The molecule has 1 aromatic carbocycles. The van der Waals surface area contributed by atoms with E-state index in [0.29, 0.717) is 41.3 Å². The van der Waals surface area contributed by atoms with Crippen LogP contribution in [-0.4, -0.2) is 64.7 Å². The zero-order valence-electron chi connectivity index (χ0n) is 18.1. The van der Waals surface area contributed by atoms with Crippen LogP contribution in [0.25, 0.3) is 22.4 Å². The number of H-pyrrole nitrogens is 1. The molecule has 1 N–H and O–H groups in total. The topological polar surface area (TPSA) is 112 Å². The third-order valence-corrected chi connectivity index (χ3v) is 7.81. The number of carbonyl (C=O) groups excluding carboxylic acids is 1. The van der Waals surface area contributed by atoms with Gasteiger partial charge in [0.2, 0.25) is 15.9 Å². The summed E-state index contributed by atoms with van der Waals surface area (Å²) in [7, 11) is -3.71. The van der Waals surface area contributed by atoms with Gasteiger partial charge in [-0.15, -0.1) is 0 Å². The smallest absolute Gasteiger partial charge is 0.245 e. The van der Waals surface area contributed by atoms with Crippen molar-refractivity contribution in [2.24, 2.45) is 0 Å². The van der Waals surface area contributed by atoms with E-state index in [4.69, 9.17) is 4.42 Å². The van der Waals surface area contributed by atoms with Crippen LogP contribution < -0.4 is 0 Å². The first-order chi connectivity index (χ1) is 16.4. The third kappa shape index (κ3) is 4.19. The molecule has 1 aliphatic rings. The third-order valence-electron chi connectivity index (χ3n) is 5.87. The molecule has 176 valence electrons. The first-order valence-electron chi connectivity index (χ1n) is 10.8. The molecular weight excluding hydrogens is 461 g/mol. The molecule has 0 atom stereocenters. The zero-order valence-corrected chi connectivity index (χ0v) is 19.0. The van der Waals surface area contributed by atoms with Crippen LogP contribution in [0.4, 0.5) is 4.39 Å². The Morgan fingerprint density at radius 2 is 1.88 bits per heavy atom. The number of nitrogens with zero attached hydrogens (tertiary/aromatic N) is 4. The number of pyridine rings is 1. The van der Waals surface area contributed by atoms with E-state index >= 15 is 0 Å². The van der Waals surface area contributed by atoms with Crippen LogP contribution in [0.5, 0.6) is 0 Å². The number of fused-ring (bicyclic) bond motifs is 1. The monoisotopic (exact) mass is 483 g/mol. The van der Waals surface area contributed by atoms with Crippen molar-refractivity contribution >= 4 is 27.0 Å². The lowest BCUT2D eigenvalue weighted by Crippen LogP contribution is -2.50. The number of sulfonamides is 1. The number of halogens is 1. The van der Waals surface area contributed by atoms with Gasteiger partial charge in [-0.05, 0) is 24.3 Å². The van der Waals surface area contributed by atoms with E-state index in [-0.39, 0.29) is 36.7 Å². The molecule has 1 fully saturated rings. The lowest BCUT2D eigenvalue weighted by atomic mass is 10.2. The molecule has 0 bridgehead atoms. The number of hydrogen-bond acceptors (Lipinski definition) is 6. The van der Waals surface area contributed by atoms with Crippen LogP contribution in [0, 0.1) is 5.82 Å². The molecule has 4 aromatic rings. The molecule has 5 rings (SSSR count). The molecule has 34 heavy (non-hydrogen) atoms. The van der Waals surface area contributed by atoms with E-state index in [9.17, 15) is 17.6 Å². The van der Waals surface area contributed by atoms with Gasteiger partial charge in [-0.3, -0.25) is 4.79 Å². The molecule has 1 amide bonds. The summed E-state index contributed by atoms with van der Waals surface area (Å²) in [5, 5.41) is 0.543. The second-order valence-electron chi connectivity index (χ2n) is 7.94. The van der Waals surface area contributed by atoms with Gasteiger partial charge in [0.05, 0.1) is 11.8 Å². The van der Waals surface area contributed by atoms with Gasteiger partial charge in [-0.2, -0.15) is 4.31 Å². The fraction of sp³-hybridized carbons (Fsp3) is 0.261. The van der Waals surface area contributed by atoms with E-state index in [1.54, 1.807) is 41.4 Å². The highest BCUT2D eigenvalue weighted by Crippen LogP contribution is 2.26. The number of piperazine rings is 1. The second-order valence-corrected chi connectivity index (χ2v) is 9.84. The van der Waals surface area contributed by atoms with E-state index in [1.807, 2.05) is 0 Å². The summed E-state index contributed by atoms with van der Waals surface area (Å²) in [6.45, 7) is 1.00. The van der Waals surface area contributed by atoms with E-state index in [1.165, 1.54) is 22.8 Å². The van der Waals surface area contributed by atoms with Crippen molar-refractivity contribution in [2.45, 2.75) is 17.7 Å². The van der Waals surface area contributed by atoms with Gasteiger partial charge in [0.1, 0.15) is 16.4 Å². The van der Waals surface area contributed by atoms with Crippen molar-refractivity contribution in [1.82, 2.24) is 24.2 Å². The van der Waals surface area contributed by atoms with Gasteiger partial charge < -0.3 is 14.3 Å². The van der Waals surface area contributed by atoms with Crippen LogP contribution in [0.15, 0.2) is 64.3 Å². The summed E-state index contributed by atoms with van der Waals surface area (Å²) >= 11 is 0. The lowest BCUT2D eigenvalue weighted by molar-refractivity contribution is -0.132. The minimum atomic E-state index is -3.71. The molecule has 11 heteroatoms. The predicted octanol–water partition coefficient (Wildman–Crippen LogP) is 2.82. The van der Waals surface area contributed by atoms with Gasteiger partial charge in [-0.25, -0.2) is 22.8 Å². The maximum Gasteiger partial charge on any atom is 0.245 e. The first-order valence-corrected chi connectivity index (χ1v) is 12.3. The number of oxazole rings is 1. The Morgan fingerprint density at radius 3 is 2.68 bits per heavy atom. The van der Waals surface area contributed by atoms with E-state index in [2.05, 4.69) is 15.0 Å². The number of carbonyl (C=O) groups is 1. The maximum atomic E-state index is 13.9. The molecule has 0 spiro atoms. The van der Waals surface area contributed by atoms with Gasteiger partial charge in [0.25, 0.3) is 0 Å². The van der Waals surface area contributed by atoms with Gasteiger partial charge in [0.15, 0.2) is 11.7 Å². The minimum absolute atomic E-state index is 0.112. The number of aryl methyl sites for hydroxylation is 1. The van der Waals surface area contributed by atoms with Crippen molar-refractivity contribution in [3.05, 3.63) is 66.7 Å². The Hall–Kier alpha value is -3.57. The molecule has 0 aliphatic carbocycles. The highest BCUT2D eigenvalue weighted by Gasteiger charge is 2.32. The summed E-state index contributed by atoms with van der Waals surface area (Å²) in [5.41, 5.74) is 0.829. The van der Waals surface area contributed by atoms with Gasteiger partial charge >= 0.3 is 0 Å². The Bertz CT molecular complexity index is 1440. The SMILES string of the molecule is O=C(CCc1ncc(-c2ccccc2F)o1)N1CCN(S(=O)(=O)c2c[nH]c3ncccc23)CC1. The van der Waals surface area contributed by atoms with Crippen LogP contribution in [0.1, 0.15) is 12.3 Å². The molecule has 9 nitrogen and oxygen atoms in total. The highest BCUT2D eigenvalue weighted by atomic mass is 32.2. The van der Waals surface area contributed by atoms with E-state index < -0.39 is 15.8 Å². The lowest BCUT2D eigenvalue weighted by Gasteiger charge is -2.33. The van der Waals surface area contributed by atoms with Crippen LogP contribution in [0.3, 0.4) is 0 Å². The Balaban J connectivity index is 1.18. The van der Waals surface area contributed by atoms with Crippen molar-refractivity contribution in [3.63, 3.8) is 0 Å². The number of rotatable bonds is 6. The number of amides is 1. The molecular formula is C23H22FN5O4S. The van der Waals surface area contributed by atoms with Gasteiger partial charge in [-0.1, -0.05) is 12.1 Å². The predicted molar refractivity (Wildman–Crippen MR) is 122 cm³/mol. The maximum absolute atomic E-state index is 13.9. The zero-order chi connectivity index (χ0) is 23.7. The quantitative estimate of drug-likeness (QED) is 0.451. The molecule has 4 heterocycles. The molecule has 0 saturated carbocycles. The largest absolute Gasteiger partial charge is 0.441 e. The summed E-state index contributed by atoms with van der Waals surface area (Å²) < 4.78 is 47.2. The summed E-state index contributed by atoms with van der Waals surface area (Å²) in [6.07, 6.45) is 4.93. The van der Waals surface area contributed by atoms with Crippen LogP contribution >= 0.6 is 0 Å². The van der Waals surface area contributed by atoms with E-state index in [0.717, 1.165) is 0 Å². The average molecular weight is 484 g/mol. The number of aromatic amines is 1. The summed E-state index contributed by atoms with van der Waals surface area (Å²) in [5.74, 6) is 0.143. The number of nitrogens with one attached hydrogen (secondary N) is 1. The highest BCUT2D eigenvalue weighted by molar-refractivity contribution is 7.89. The number of aromatic nitrogens is 3. The van der Waals surface area contributed by atoms with Crippen molar-refractivity contribution in [3.8, 4) is 11.3 Å². The fourth-order valence-electron chi connectivity index (χ4n) is 4.04.